The van der Waals surface area contributed by atoms with Gasteiger partial charge in [0.15, 0.2) is 0 Å². The molecule has 0 unspecified atom stereocenters. The zero-order chi connectivity index (χ0) is 24.8. The third-order valence-corrected chi connectivity index (χ3v) is 5.30. The van der Waals surface area contributed by atoms with Gasteiger partial charge in [0.25, 0.3) is 0 Å². The van der Waals surface area contributed by atoms with Crippen molar-refractivity contribution in [2.24, 2.45) is 9.98 Å². The van der Waals surface area contributed by atoms with Gasteiger partial charge in [-0.15, -0.1) is 0 Å². The maximum atomic E-state index is 14.2. The van der Waals surface area contributed by atoms with Gasteiger partial charge in [-0.05, 0) is 62.4 Å². The Morgan fingerprint density at radius 1 is 1.03 bits per heavy atom. The third-order valence-electron chi connectivity index (χ3n) is 5.30. The molecule has 2 aromatic rings. The molecule has 6 heteroatoms. The SMILES string of the molecule is CC.CC(C)N=c1cc2n(-c3cccc(F)c3)c3ccccc3nc-2cc1NC1=CN=CCC=C1. The minimum absolute atomic E-state index is 0.0933. The van der Waals surface area contributed by atoms with Crippen LogP contribution in [0.5, 0.6) is 0 Å². The van der Waals surface area contributed by atoms with Crippen LogP contribution < -0.4 is 10.7 Å². The number of hydrogen-bond acceptors (Lipinski definition) is 4. The highest BCUT2D eigenvalue weighted by molar-refractivity contribution is 5.84. The second-order valence-electron chi connectivity index (χ2n) is 8.18. The van der Waals surface area contributed by atoms with Crippen LogP contribution in [0, 0.1) is 5.82 Å². The van der Waals surface area contributed by atoms with Crippen LogP contribution in [0.2, 0.25) is 0 Å². The molecule has 1 aliphatic carbocycles. The summed E-state index contributed by atoms with van der Waals surface area (Å²) in [6, 6.07) is 18.6. The lowest BCUT2D eigenvalue weighted by atomic mass is 10.1. The van der Waals surface area contributed by atoms with E-state index in [1.165, 1.54) is 12.1 Å². The molecule has 0 spiro atoms. The van der Waals surface area contributed by atoms with Crippen molar-refractivity contribution in [2.45, 2.75) is 40.2 Å². The summed E-state index contributed by atoms with van der Waals surface area (Å²) in [5.41, 5.74) is 5.82. The zero-order valence-electron chi connectivity index (χ0n) is 20.5. The van der Waals surface area contributed by atoms with Gasteiger partial charge in [-0.25, -0.2) is 9.37 Å². The van der Waals surface area contributed by atoms with Crippen molar-refractivity contribution in [1.29, 1.82) is 0 Å². The van der Waals surface area contributed by atoms with Gasteiger partial charge in [-0.3, -0.25) is 9.98 Å². The normalized spacial score (nSPS) is 13.5. The molecule has 178 valence electrons. The van der Waals surface area contributed by atoms with Gasteiger partial charge < -0.3 is 9.88 Å². The van der Waals surface area contributed by atoms with E-state index in [1.807, 2.05) is 87.0 Å². The fourth-order valence-electron chi connectivity index (χ4n) is 3.94. The lowest BCUT2D eigenvalue weighted by Gasteiger charge is -2.20. The van der Waals surface area contributed by atoms with Crippen LogP contribution in [0.1, 0.15) is 34.1 Å². The van der Waals surface area contributed by atoms with Crippen LogP contribution in [0.3, 0.4) is 0 Å². The molecule has 3 aliphatic rings. The molecular formula is C29H30FN5. The largest absolute Gasteiger partial charge is 0.352 e. The van der Waals surface area contributed by atoms with E-state index in [-0.39, 0.29) is 11.9 Å². The first kappa shape index (κ1) is 24.1. The quantitative estimate of drug-likeness (QED) is 0.332. The number of halogens is 1. The lowest BCUT2D eigenvalue weighted by Crippen LogP contribution is -2.17. The summed E-state index contributed by atoms with van der Waals surface area (Å²) in [5, 5.41) is 4.27. The minimum Gasteiger partial charge on any atom is -0.352 e. The molecule has 5 rings (SSSR count). The van der Waals surface area contributed by atoms with Crippen LogP contribution >= 0.6 is 0 Å². The Morgan fingerprint density at radius 3 is 2.66 bits per heavy atom. The van der Waals surface area contributed by atoms with Crippen LogP contribution in [0.4, 0.5) is 10.1 Å². The van der Waals surface area contributed by atoms with E-state index in [9.17, 15) is 4.39 Å². The molecule has 0 fully saturated rings. The number of nitrogens with one attached hydrogen (secondary N) is 1. The van der Waals surface area contributed by atoms with E-state index in [1.54, 1.807) is 12.3 Å². The zero-order valence-corrected chi connectivity index (χ0v) is 20.5. The average Bonchev–Trinajstić information content (AvgIpc) is 3.13. The highest BCUT2D eigenvalue weighted by Crippen LogP contribution is 2.30. The summed E-state index contributed by atoms with van der Waals surface area (Å²) >= 11 is 0. The van der Waals surface area contributed by atoms with Crippen molar-refractivity contribution in [3.63, 3.8) is 0 Å². The number of allylic oxidation sites excluding steroid dienone is 2. The summed E-state index contributed by atoms with van der Waals surface area (Å²) in [7, 11) is 0. The number of rotatable bonds is 4. The second kappa shape index (κ2) is 10.9. The summed E-state index contributed by atoms with van der Waals surface area (Å²) in [6.07, 6.45) is 8.52. The number of fused-ring (bicyclic) bond motifs is 2. The number of aromatic nitrogens is 2. The van der Waals surface area contributed by atoms with Crippen molar-refractivity contribution in [2.75, 3.05) is 5.32 Å². The van der Waals surface area contributed by atoms with E-state index in [4.69, 9.17) is 9.98 Å². The Balaban J connectivity index is 0.00000141. The number of aliphatic imine (C=N–C) groups is 1. The topological polar surface area (TPSA) is 54.6 Å². The molecular weight excluding hydrogens is 437 g/mol. The molecule has 0 radical (unpaired) electrons. The molecule has 1 N–H and O–H groups in total. The third kappa shape index (κ3) is 5.38. The van der Waals surface area contributed by atoms with Crippen LogP contribution in [0.25, 0.3) is 28.1 Å². The monoisotopic (exact) mass is 467 g/mol. The second-order valence-corrected chi connectivity index (χ2v) is 8.18. The molecule has 0 aromatic heterocycles. The van der Waals surface area contributed by atoms with Crippen LogP contribution in [-0.4, -0.2) is 21.8 Å². The highest BCUT2D eigenvalue weighted by Gasteiger charge is 2.17. The Kier molecular flexibility index (Phi) is 7.51. The average molecular weight is 468 g/mol. The van der Waals surface area contributed by atoms with E-state index in [0.29, 0.717) is 0 Å². The molecule has 2 heterocycles. The molecule has 0 amide bonds. The molecule has 5 nitrogen and oxygen atoms in total. The highest BCUT2D eigenvalue weighted by atomic mass is 19.1. The number of anilines is 1. The predicted molar refractivity (Wildman–Crippen MR) is 144 cm³/mol. The van der Waals surface area contributed by atoms with E-state index in [2.05, 4.69) is 16.4 Å². The first-order valence-electron chi connectivity index (χ1n) is 12.0. The Bertz CT molecular complexity index is 1460. The van der Waals surface area contributed by atoms with E-state index in [0.717, 1.165) is 51.3 Å². The Morgan fingerprint density at radius 2 is 1.86 bits per heavy atom. The van der Waals surface area contributed by atoms with Gasteiger partial charge in [0.05, 0.1) is 39.2 Å². The summed E-state index contributed by atoms with van der Waals surface area (Å²) in [6.45, 7) is 8.09. The van der Waals surface area contributed by atoms with E-state index < -0.39 is 0 Å². The fraction of sp³-hybridized carbons (Fsp3) is 0.207. The van der Waals surface area contributed by atoms with Gasteiger partial charge in [0, 0.05) is 30.6 Å². The lowest BCUT2D eigenvalue weighted by molar-refractivity contribution is 0.627. The number of nitrogens with zero attached hydrogens (tertiary/aromatic N) is 4. The molecule has 0 saturated heterocycles. The fourth-order valence-corrected chi connectivity index (χ4v) is 3.94. The Hall–Kier alpha value is -4.06. The molecule has 2 aromatic carbocycles. The van der Waals surface area contributed by atoms with E-state index >= 15 is 0 Å². The van der Waals surface area contributed by atoms with Crippen LogP contribution in [0.15, 0.2) is 94.7 Å². The van der Waals surface area contributed by atoms with Crippen molar-refractivity contribution in [3.8, 4) is 17.1 Å². The maximum absolute atomic E-state index is 14.2. The summed E-state index contributed by atoms with van der Waals surface area (Å²) < 4.78 is 16.2. The van der Waals surface area contributed by atoms with Gasteiger partial charge in [0.2, 0.25) is 0 Å². The number of para-hydroxylation sites is 2. The number of benzene rings is 3. The summed E-state index contributed by atoms with van der Waals surface area (Å²) in [5.74, 6) is -0.285. The molecule has 35 heavy (non-hydrogen) atoms. The van der Waals surface area contributed by atoms with Crippen LogP contribution in [-0.2, 0) is 0 Å². The van der Waals surface area contributed by atoms with Gasteiger partial charge >= 0.3 is 0 Å². The standard InChI is InChI=1S/C27H24FN5.C2H6/c1-18(2)30-24-16-27-25(15-23(24)31-20-9-5-6-13-29-17-20)32-22-11-3-4-12-26(22)33(27)21-10-7-8-19(28)14-21;1-2/h3-5,7-18,31H,6H2,1-2H3;1-2H3. The van der Waals surface area contributed by atoms with Crippen molar-refractivity contribution < 1.29 is 4.39 Å². The van der Waals surface area contributed by atoms with Crippen molar-refractivity contribution >= 4 is 22.9 Å². The maximum Gasteiger partial charge on any atom is 0.125 e. The molecule has 0 saturated carbocycles. The number of hydrogen-bond donors (Lipinski definition) is 1. The predicted octanol–water partition coefficient (Wildman–Crippen LogP) is 6.89. The Labute approximate surface area is 205 Å². The van der Waals surface area contributed by atoms with Gasteiger partial charge in [0.1, 0.15) is 5.82 Å². The van der Waals surface area contributed by atoms with Crippen molar-refractivity contribution in [1.82, 2.24) is 9.55 Å². The van der Waals surface area contributed by atoms with Gasteiger partial charge in [-0.1, -0.05) is 38.1 Å². The summed E-state index contributed by atoms with van der Waals surface area (Å²) in [4.78, 5) is 14.1. The van der Waals surface area contributed by atoms with Gasteiger partial charge in [-0.2, -0.15) is 0 Å². The molecule has 0 atom stereocenters. The first-order chi connectivity index (χ1) is 17.1. The first-order valence-corrected chi connectivity index (χ1v) is 12.0. The molecule has 0 bridgehead atoms. The molecule has 2 aliphatic heterocycles. The smallest absolute Gasteiger partial charge is 0.125 e. The minimum atomic E-state index is -0.285. The van der Waals surface area contributed by atoms with Crippen molar-refractivity contribution in [3.05, 3.63) is 95.9 Å².